The minimum atomic E-state index is 0.791. The van der Waals surface area contributed by atoms with Gasteiger partial charge in [0.2, 0.25) is 0 Å². The maximum Gasteiger partial charge on any atom is 0.188 e. The number of halogens is 1. The number of pyridine rings is 1. The molecule has 0 aliphatic heterocycles. The SMILES string of the molecule is Cc1ccccc1-c1csc(Nc2ccc(Br)cn2)n1. The summed E-state index contributed by atoms with van der Waals surface area (Å²) in [4.78, 5) is 8.90. The normalized spacial score (nSPS) is 10.5. The topological polar surface area (TPSA) is 37.8 Å². The Morgan fingerprint density at radius 1 is 1.15 bits per heavy atom. The van der Waals surface area contributed by atoms with E-state index in [2.05, 4.69) is 55.7 Å². The second-order valence-corrected chi connectivity index (χ2v) is 6.11. The molecule has 0 amide bonds. The van der Waals surface area contributed by atoms with Crippen LogP contribution in [0, 0.1) is 6.92 Å². The summed E-state index contributed by atoms with van der Waals surface area (Å²) in [6.07, 6.45) is 1.76. The number of hydrogen-bond donors (Lipinski definition) is 1. The van der Waals surface area contributed by atoms with E-state index in [1.807, 2.05) is 24.3 Å². The van der Waals surface area contributed by atoms with Crippen molar-refractivity contribution in [2.75, 3.05) is 5.32 Å². The highest BCUT2D eigenvalue weighted by Crippen LogP contribution is 2.28. The van der Waals surface area contributed by atoms with Crippen molar-refractivity contribution in [3.63, 3.8) is 0 Å². The molecule has 0 aliphatic carbocycles. The van der Waals surface area contributed by atoms with Crippen LogP contribution in [0.4, 0.5) is 10.9 Å². The first-order chi connectivity index (χ1) is 9.72. The molecule has 1 aromatic carbocycles. The third-order valence-electron chi connectivity index (χ3n) is 2.89. The van der Waals surface area contributed by atoms with Gasteiger partial charge in [0.15, 0.2) is 5.13 Å². The Hall–Kier alpha value is -1.72. The molecule has 100 valence electrons. The van der Waals surface area contributed by atoms with Gasteiger partial charge >= 0.3 is 0 Å². The number of nitrogens with one attached hydrogen (secondary N) is 1. The van der Waals surface area contributed by atoms with Crippen molar-refractivity contribution in [1.29, 1.82) is 0 Å². The molecule has 2 aromatic heterocycles. The van der Waals surface area contributed by atoms with Gasteiger partial charge in [-0.3, -0.25) is 0 Å². The van der Waals surface area contributed by atoms with Crippen LogP contribution in [0.25, 0.3) is 11.3 Å². The molecule has 3 rings (SSSR count). The van der Waals surface area contributed by atoms with E-state index in [1.54, 1.807) is 17.5 Å². The second-order valence-electron chi connectivity index (χ2n) is 4.34. The molecular weight excluding hydrogens is 334 g/mol. The lowest BCUT2D eigenvalue weighted by Gasteiger charge is -2.02. The quantitative estimate of drug-likeness (QED) is 0.724. The lowest BCUT2D eigenvalue weighted by Crippen LogP contribution is -1.92. The van der Waals surface area contributed by atoms with Gasteiger partial charge in [-0.2, -0.15) is 0 Å². The monoisotopic (exact) mass is 345 g/mol. The van der Waals surface area contributed by atoms with Crippen LogP contribution in [-0.4, -0.2) is 9.97 Å². The summed E-state index contributed by atoms with van der Waals surface area (Å²) in [6, 6.07) is 12.1. The average Bonchev–Trinajstić information content (AvgIpc) is 2.90. The first-order valence-corrected chi connectivity index (χ1v) is 7.80. The Morgan fingerprint density at radius 3 is 2.75 bits per heavy atom. The number of rotatable bonds is 3. The fourth-order valence-corrected chi connectivity index (χ4v) is 2.83. The summed E-state index contributed by atoms with van der Waals surface area (Å²) in [5, 5.41) is 6.12. The van der Waals surface area contributed by atoms with Crippen molar-refractivity contribution < 1.29 is 0 Å². The maximum absolute atomic E-state index is 4.61. The number of benzene rings is 1. The van der Waals surface area contributed by atoms with Crippen LogP contribution in [0.15, 0.2) is 52.4 Å². The molecule has 3 aromatic rings. The molecule has 0 saturated carbocycles. The van der Waals surface area contributed by atoms with Gasteiger partial charge in [0.1, 0.15) is 5.82 Å². The number of hydrogen-bond acceptors (Lipinski definition) is 4. The minimum Gasteiger partial charge on any atom is -0.316 e. The van der Waals surface area contributed by atoms with Gasteiger partial charge in [-0.1, -0.05) is 24.3 Å². The van der Waals surface area contributed by atoms with Gasteiger partial charge in [-0.05, 0) is 40.5 Å². The van der Waals surface area contributed by atoms with Crippen molar-refractivity contribution in [1.82, 2.24) is 9.97 Å². The molecule has 0 bridgehead atoms. The van der Waals surface area contributed by atoms with E-state index in [9.17, 15) is 0 Å². The van der Waals surface area contributed by atoms with Gasteiger partial charge in [0, 0.05) is 21.6 Å². The van der Waals surface area contributed by atoms with E-state index in [-0.39, 0.29) is 0 Å². The van der Waals surface area contributed by atoms with Crippen LogP contribution in [0.1, 0.15) is 5.56 Å². The van der Waals surface area contributed by atoms with Crippen LogP contribution in [-0.2, 0) is 0 Å². The van der Waals surface area contributed by atoms with Crippen molar-refractivity contribution in [2.45, 2.75) is 6.92 Å². The van der Waals surface area contributed by atoms with Crippen LogP contribution >= 0.6 is 27.3 Å². The van der Waals surface area contributed by atoms with Crippen molar-refractivity contribution in [2.24, 2.45) is 0 Å². The van der Waals surface area contributed by atoms with Gasteiger partial charge in [-0.15, -0.1) is 11.3 Å². The molecule has 0 unspecified atom stereocenters. The van der Waals surface area contributed by atoms with Crippen molar-refractivity contribution in [3.05, 3.63) is 58.0 Å². The first-order valence-electron chi connectivity index (χ1n) is 6.12. The largest absolute Gasteiger partial charge is 0.316 e. The molecule has 0 spiro atoms. The van der Waals surface area contributed by atoms with E-state index in [1.165, 1.54) is 11.1 Å². The molecule has 0 saturated heterocycles. The molecule has 1 N–H and O–H groups in total. The Bertz CT molecular complexity index is 722. The summed E-state index contributed by atoms with van der Waals surface area (Å²) in [6.45, 7) is 2.10. The van der Waals surface area contributed by atoms with E-state index in [0.29, 0.717) is 0 Å². The third kappa shape index (κ3) is 2.89. The highest BCUT2D eigenvalue weighted by Gasteiger charge is 2.07. The molecule has 5 heteroatoms. The Labute approximate surface area is 129 Å². The number of nitrogens with zero attached hydrogens (tertiary/aromatic N) is 2. The molecule has 2 heterocycles. The van der Waals surface area contributed by atoms with Gasteiger partial charge < -0.3 is 5.32 Å². The molecule has 0 fully saturated rings. The van der Waals surface area contributed by atoms with Gasteiger partial charge in [-0.25, -0.2) is 9.97 Å². The zero-order valence-electron chi connectivity index (χ0n) is 10.8. The summed E-state index contributed by atoms with van der Waals surface area (Å²) in [5.41, 5.74) is 3.39. The highest BCUT2D eigenvalue weighted by atomic mass is 79.9. The number of aromatic nitrogens is 2. The Kier molecular flexibility index (Phi) is 3.80. The van der Waals surface area contributed by atoms with Gasteiger partial charge in [0.05, 0.1) is 5.69 Å². The van der Waals surface area contributed by atoms with Crippen LogP contribution in [0.2, 0.25) is 0 Å². The van der Waals surface area contributed by atoms with E-state index in [4.69, 9.17) is 0 Å². The fraction of sp³-hybridized carbons (Fsp3) is 0.0667. The van der Waals surface area contributed by atoms with E-state index >= 15 is 0 Å². The minimum absolute atomic E-state index is 0.791. The second kappa shape index (κ2) is 5.73. The Balaban J connectivity index is 1.84. The number of thiazole rings is 1. The lowest BCUT2D eigenvalue weighted by atomic mass is 10.1. The van der Waals surface area contributed by atoms with Gasteiger partial charge in [0.25, 0.3) is 0 Å². The van der Waals surface area contributed by atoms with Crippen LogP contribution < -0.4 is 5.32 Å². The fourth-order valence-electron chi connectivity index (χ4n) is 1.87. The smallest absolute Gasteiger partial charge is 0.188 e. The van der Waals surface area contributed by atoms with E-state index < -0.39 is 0 Å². The predicted octanol–water partition coefficient (Wildman–Crippen LogP) is 5.02. The molecule has 0 aliphatic rings. The lowest BCUT2D eigenvalue weighted by molar-refractivity contribution is 1.27. The summed E-state index contributed by atoms with van der Waals surface area (Å²) < 4.78 is 0.961. The molecule has 20 heavy (non-hydrogen) atoms. The average molecular weight is 346 g/mol. The summed E-state index contributed by atoms with van der Waals surface area (Å²) in [5.74, 6) is 0.791. The molecular formula is C15H12BrN3S. The zero-order valence-corrected chi connectivity index (χ0v) is 13.2. The van der Waals surface area contributed by atoms with E-state index in [0.717, 1.165) is 21.1 Å². The molecule has 0 atom stereocenters. The zero-order chi connectivity index (χ0) is 13.9. The van der Waals surface area contributed by atoms with Crippen molar-refractivity contribution >= 4 is 38.2 Å². The number of aryl methyl sites for hydroxylation is 1. The molecule has 3 nitrogen and oxygen atoms in total. The maximum atomic E-state index is 4.61. The van der Waals surface area contributed by atoms with Crippen molar-refractivity contribution in [3.8, 4) is 11.3 Å². The summed E-state index contributed by atoms with van der Waals surface area (Å²) in [7, 11) is 0. The third-order valence-corrected chi connectivity index (χ3v) is 4.11. The molecule has 0 radical (unpaired) electrons. The standard InChI is InChI=1S/C15H12BrN3S/c1-10-4-2-3-5-12(10)13-9-20-15(18-13)19-14-7-6-11(16)8-17-14/h2-9H,1H3,(H,17,18,19). The van der Waals surface area contributed by atoms with Crippen LogP contribution in [0.3, 0.4) is 0 Å². The predicted molar refractivity (Wildman–Crippen MR) is 87.5 cm³/mol. The number of anilines is 2. The highest BCUT2D eigenvalue weighted by molar-refractivity contribution is 9.10. The Morgan fingerprint density at radius 2 is 2.00 bits per heavy atom. The first kappa shape index (κ1) is 13.3. The summed E-state index contributed by atoms with van der Waals surface area (Å²) >= 11 is 4.95. The van der Waals surface area contributed by atoms with Crippen LogP contribution in [0.5, 0.6) is 0 Å².